The van der Waals surface area contributed by atoms with E-state index in [9.17, 15) is 8.42 Å². The molecule has 0 aliphatic carbocycles. The van der Waals surface area contributed by atoms with Crippen LogP contribution in [0.2, 0.25) is 0 Å². The standard InChI is InChI=1S/C8H14N4O3S/c1-15-6-5-9-7-3-4-8(11-10-7)12-16(2,13)14/h3-4H,5-6H2,1-2H3,(H,9,10)(H,11,12). The van der Waals surface area contributed by atoms with Crippen molar-refractivity contribution in [2.24, 2.45) is 0 Å². The molecule has 0 aliphatic heterocycles. The second-order valence-electron chi connectivity index (χ2n) is 3.10. The third-order valence-electron chi connectivity index (χ3n) is 1.57. The van der Waals surface area contributed by atoms with Crippen LogP contribution in [0.3, 0.4) is 0 Å². The van der Waals surface area contributed by atoms with Crippen molar-refractivity contribution >= 4 is 21.7 Å². The number of rotatable bonds is 6. The smallest absolute Gasteiger partial charge is 0.231 e. The van der Waals surface area contributed by atoms with E-state index in [-0.39, 0.29) is 5.82 Å². The Morgan fingerprint density at radius 2 is 1.94 bits per heavy atom. The highest BCUT2D eigenvalue weighted by atomic mass is 32.2. The maximum atomic E-state index is 10.9. The summed E-state index contributed by atoms with van der Waals surface area (Å²) in [6.45, 7) is 1.18. The van der Waals surface area contributed by atoms with Gasteiger partial charge < -0.3 is 10.1 Å². The van der Waals surface area contributed by atoms with Crippen LogP contribution in [-0.4, -0.2) is 45.1 Å². The molecule has 16 heavy (non-hydrogen) atoms. The van der Waals surface area contributed by atoms with Gasteiger partial charge in [-0.25, -0.2) is 8.42 Å². The first-order valence-electron chi connectivity index (χ1n) is 4.55. The first kappa shape index (κ1) is 12.7. The van der Waals surface area contributed by atoms with Crippen LogP contribution in [-0.2, 0) is 14.8 Å². The second kappa shape index (κ2) is 5.61. The summed E-state index contributed by atoms with van der Waals surface area (Å²) < 4.78 is 28.8. The van der Waals surface area contributed by atoms with Crippen molar-refractivity contribution in [2.45, 2.75) is 0 Å². The largest absolute Gasteiger partial charge is 0.383 e. The minimum Gasteiger partial charge on any atom is -0.383 e. The van der Waals surface area contributed by atoms with Crippen molar-refractivity contribution < 1.29 is 13.2 Å². The monoisotopic (exact) mass is 246 g/mol. The summed E-state index contributed by atoms with van der Waals surface area (Å²) in [6, 6.07) is 3.17. The van der Waals surface area contributed by atoms with Crippen LogP contribution in [0, 0.1) is 0 Å². The van der Waals surface area contributed by atoms with E-state index in [1.54, 1.807) is 13.2 Å². The van der Waals surface area contributed by atoms with Crippen LogP contribution in [0.4, 0.5) is 11.6 Å². The highest BCUT2D eigenvalue weighted by Gasteiger charge is 2.03. The van der Waals surface area contributed by atoms with Gasteiger partial charge in [-0.15, -0.1) is 10.2 Å². The average molecular weight is 246 g/mol. The van der Waals surface area contributed by atoms with Crippen molar-refractivity contribution in [1.29, 1.82) is 0 Å². The maximum Gasteiger partial charge on any atom is 0.231 e. The fraction of sp³-hybridized carbons (Fsp3) is 0.500. The molecule has 8 heteroatoms. The van der Waals surface area contributed by atoms with Gasteiger partial charge in [0.2, 0.25) is 10.0 Å². The molecule has 0 saturated heterocycles. The van der Waals surface area contributed by atoms with Crippen LogP contribution in [0.5, 0.6) is 0 Å². The van der Waals surface area contributed by atoms with Crippen molar-refractivity contribution in [1.82, 2.24) is 10.2 Å². The van der Waals surface area contributed by atoms with E-state index in [2.05, 4.69) is 20.2 Å². The summed E-state index contributed by atoms with van der Waals surface area (Å²) in [5.41, 5.74) is 0. The maximum absolute atomic E-state index is 10.9. The van der Waals surface area contributed by atoms with E-state index in [0.717, 1.165) is 6.26 Å². The van der Waals surface area contributed by atoms with Gasteiger partial charge in [-0.2, -0.15) is 0 Å². The van der Waals surface area contributed by atoms with Gasteiger partial charge >= 0.3 is 0 Å². The normalized spacial score (nSPS) is 11.1. The zero-order chi connectivity index (χ0) is 12.0. The predicted octanol–water partition coefficient (Wildman–Crippen LogP) is -0.0936. The molecule has 0 spiro atoms. The minimum atomic E-state index is -3.30. The van der Waals surface area contributed by atoms with Gasteiger partial charge in [0.1, 0.15) is 5.82 Å². The van der Waals surface area contributed by atoms with E-state index >= 15 is 0 Å². The van der Waals surface area contributed by atoms with Gasteiger partial charge in [-0.3, -0.25) is 4.72 Å². The highest BCUT2D eigenvalue weighted by Crippen LogP contribution is 2.06. The van der Waals surface area contributed by atoms with Crippen LogP contribution < -0.4 is 10.0 Å². The third-order valence-corrected chi connectivity index (χ3v) is 2.15. The SMILES string of the molecule is COCCNc1ccc(NS(C)(=O)=O)nn1. The molecule has 90 valence electrons. The predicted molar refractivity (Wildman–Crippen MR) is 60.9 cm³/mol. The zero-order valence-electron chi connectivity index (χ0n) is 9.10. The van der Waals surface area contributed by atoms with Crippen LogP contribution in [0.15, 0.2) is 12.1 Å². The summed E-state index contributed by atoms with van der Waals surface area (Å²) in [4.78, 5) is 0. The Morgan fingerprint density at radius 1 is 1.31 bits per heavy atom. The van der Waals surface area contributed by atoms with Crippen LogP contribution in [0.1, 0.15) is 0 Å². The summed E-state index contributed by atoms with van der Waals surface area (Å²) in [7, 11) is -1.70. The molecule has 0 bridgehead atoms. The molecule has 7 nitrogen and oxygen atoms in total. The third kappa shape index (κ3) is 4.89. The van der Waals surface area contributed by atoms with Crippen molar-refractivity contribution in [2.75, 3.05) is 36.6 Å². The molecule has 1 aromatic rings. The lowest BCUT2D eigenvalue weighted by Gasteiger charge is -2.05. The van der Waals surface area contributed by atoms with Crippen LogP contribution in [0.25, 0.3) is 0 Å². The zero-order valence-corrected chi connectivity index (χ0v) is 9.91. The molecular formula is C8H14N4O3S. The lowest BCUT2D eigenvalue weighted by atomic mass is 10.5. The van der Waals surface area contributed by atoms with Gasteiger partial charge in [-0.05, 0) is 12.1 Å². The van der Waals surface area contributed by atoms with Gasteiger partial charge in [0.25, 0.3) is 0 Å². The fourth-order valence-electron chi connectivity index (χ4n) is 0.952. The molecule has 1 heterocycles. The number of nitrogens with one attached hydrogen (secondary N) is 2. The van der Waals surface area contributed by atoms with E-state index in [1.165, 1.54) is 6.07 Å². The number of aromatic nitrogens is 2. The van der Waals surface area contributed by atoms with Crippen molar-refractivity contribution in [3.63, 3.8) is 0 Å². The average Bonchev–Trinajstić information content (AvgIpc) is 2.19. The molecule has 1 rings (SSSR count). The highest BCUT2D eigenvalue weighted by molar-refractivity contribution is 7.92. The lowest BCUT2D eigenvalue weighted by Crippen LogP contribution is -2.13. The van der Waals surface area contributed by atoms with Gasteiger partial charge in [-0.1, -0.05) is 0 Å². The topological polar surface area (TPSA) is 93.2 Å². The first-order valence-corrected chi connectivity index (χ1v) is 6.45. The summed E-state index contributed by atoms with van der Waals surface area (Å²) in [6.07, 6.45) is 1.05. The summed E-state index contributed by atoms with van der Waals surface area (Å²) >= 11 is 0. The van der Waals surface area contributed by atoms with E-state index in [1.807, 2.05) is 0 Å². The Balaban J connectivity index is 2.54. The molecule has 0 radical (unpaired) electrons. The van der Waals surface area contributed by atoms with Gasteiger partial charge in [0.15, 0.2) is 5.82 Å². The number of anilines is 2. The lowest BCUT2D eigenvalue weighted by molar-refractivity contribution is 0.210. The van der Waals surface area contributed by atoms with Crippen LogP contribution >= 0.6 is 0 Å². The van der Waals surface area contributed by atoms with Gasteiger partial charge in [0, 0.05) is 13.7 Å². The number of sulfonamides is 1. The molecule has 0 fully saturated rings. The number of ether oxygens (including phenoxy) is 1. The number of nitrogens with zero attached hydrogens (tertiary/aromatic N) is 2. The fourth-order valence-corrected chi connectivity index (χ4v) is 1.44. The molecule has 0 aliphatic rings. The van der Waals surface area contributed by atoms with Crippen molar-refractivity contribution in [3.8, 4) is 0 Å². The number of methoxy groups -OCH3 is 1. The minimum absolute atomic E-state index is 0.194. The molecule has 0 saturated carbocycles. The number of hydrogen-bond donors (Lipinski definition) is 2. The van der Waals surface area contributed by atoms with Crippen molar-refractivity contribution in [3.05, 3.63) is 12.1 Å². The Kier molecular flexibility index (Phi) is 4.44. The molecular weight excluding hydrogens is 232 g/mol. The molecule has 0 atom stereocenters. The molecule has 0 amide bonds. The Hall–Kier alpha value is -1.41. The quantitative estimate of drug-likeness (QED) is 0.681. The molecule has 0 unspecified atom stereocenters. The van der Waals surface area contributed by atoms with E-state index < -0.39 is 10.0 Å². The first-order chi connectivity index (χ1) is 7.51. The van der Waals surface area contributed by atoms with E-state index in [0.29, 0.717) is 19.0 Å². The Bertz CT molecular complexity index is 417. The summed E-state index contributed by atoms with van der Waals surface area (Å²) in [5, 5.41) is 10.5. The Labute approximate surface area is 94.3 Å². The molecule has 1 aromatic heterocycles. The summed E-state index contributed by atoms with van der Waals surface area (Å²) in [5.74, 6) is 0.760. The molecule has 2 N–H and O–H groups in total. The van der Waals surface area contributed by atoms with E-state index in [4.69, 9.17) is 4.74 Å². The van der Waals surface area contributed by atoms with Gasteiger partial charge in [0.05, 0.1) is 12.9 Å². The number of hydrogen-bond acceptors (Lipinski definition) is 6. The molecule has 0 aromatic carbocycles. The second-order valence-corrected chi connectivity index (χ2v) is 4.85. The Morgan fingerprint density at radius 3 is 2.44 bits per heavy atom.